The highest BCUT2D eigenvalue weighted by Gasteiger charge is 2.55. The summed E-state index contributed by atoms with van der Waals surface area (Å²) in [6, 6.07) is 19.1. The second-order valence-corrected chi connectivity index (χ2v) is 14.8. The minimum Gasteiger partial charge on any atom is -0.466 e. The fourth-order valence-corrected chi connectivity index (χ4v) is 10.5. The number of ether oxygens (including phenoxy) is 2. The molecule has 4 aliphatic rings. The molecule has 3 atom stereocenters. The van der Waals surface area contributed by atoms with Crippen LogP contribution in [-0.4, -0.2) is 36.2 Å². The molecule has 0 aromatic heterocycles. The fraction of sp³-hybridized carbons (Fsp3) is 0.562. The van der Waals surface area contributed by atoms with Crippen LogP contribution in [0.1, 0.15) is 63.5 Å². The Balaban J connectivity index is 1.42. The number of benzene rings is 2. The van der Waals surface area contributed by atoms with Crippen LogP contribution < -0.4 is 5.32 Å². The molecule has 8 heteroatoms. The van der Waals surface area contributed by atoms with Crippen LogP contribution in [0.15, 0.2) is 60.7 Å². The predicted octanol–water partition coefficient (Wildman–Crippen LogP) is 6.94. The van der Waals surface area contributed by atoms with Crippen molar-refractivity contribution in [3.8, 4) is 0 Å². The second-order valence-electron chi connectivity index (χ2n) is 12.2. The van der Waals surface area contributed by atoms with Crippen molar-refractivity contribution in [1.82, 2.24) is 5.32 Å². The molecule has 0 saturated heterocycles. The van der Waals surface area contributed by atoms with Gasteiger partial charge >= 0.3 is 12.1 Å². The van der Waals surface area contributed by atoms with Crippen molar-refractivity contribution in [3.63, 3.8) is 0 Å². The molecule has 0 aliphatic heterocycles. The number of nitrogens with one attached hydrogen (secondary N) is 1. The van der Waals surface area contributed by atoms with Gasteiger partial charge in [-0.25, -0.2) is 4.79 Å². The van der Waals surface area contributed by atoms with Crippen molar-refractivity contribution in [1.29, 1.82) is 0 Å². The van der Waals surface area contributed by atoms with Gasteiger partial charge in [-0.15, -0.1) is 0 Å². The topological polar surface area (TPSA) is 90.9 Å². The van der Waals surface area contributed by atoms with Gasteiger partial charge in [0.2, 0.25) is 7.37 Å². The zero-order valence-corrected chi connectivity index (χ0v) is 24.5. The van der Waals surface area contributed by atoms with Gasteiger partial charge in [-0.2, -0.15) is 0 Å². The van der Waals surface area contributed by atoms with Crippen LogP contribution in [-0.2, 0) is 36.4 Å². The lowest BCUT2D eigenvalue weighted by Crippen LogP contribution is -2.52. The summed E-state index contributed by atoms with van der Waals surface area (Å²) in [5.74, 6) is -0.0965. The van der Waals surface area contributed by atoms with Crippen LogP contribution in [0.4, 0.5) is 4.79 Å². The zero-order valence-electron chi connectivity index (χ0n) is 23.6. The number of hydrogen-bond donors (Lipinski definition) is 1. The minimum atomic E-state index is -3.64. The molecule has 4 aliphatic carbocycles. The maximum atomic E-state index is 15.2. The van der Waals surface area contributed by atoms with Crippen LogP contribution in [0.3, 0.4) is 0 Å². The molecule has 0 spiro atoms. The highest BCUT2D eigenvalue weighted by molar-refractivity contribution is 7.59. The summed E-state index contributed by atoms with van der Waals surface area (Å²) >= 11 is 0. The average molecular weight is 568 g/mol. The van der Waals surface area contributed by atoms with E-state index in [1.807, 2.05) is 60.7 Å². The third-order valence-corrected chi connectivity index (χ3v) is 11.8. The van der Waals surface area contributed by atoms with Crippen LogP contribution in [0, 0.1) is 23.7 Å². The van der Waals surface area contributed by atoms with E-state index in [2.05, 4.69) is 5.32 Å². The SMILES string of the molecule is CCOC(=O)C(C)CP(=O)(OC12CC3CC(CC(C3)C1)C2)C(Cc1ccccc1)NC(=O)OCc1ccccc1. The van der Waals surface area contributed by atoms with E-state index in [9.17, 15) is 9.59 Å². The Morgan fingerprint density at radius 3 is 2.00 bits per heavy atom. The van der Waals surface area contributed by atoms with Gasteiger partial charge in [0.25, 0.3) is 0 Å². The van der Waals surface area contributed by atoms with E-state index in [1.54, 1.807) is 13.8 Å². The molecular weight excluding hydrogens is 525 g/mol. The summed E-state index contributed by atoms with van der Waals surface area (Å²) in [7, 11) is -3.64. The van der Waals surface area contributed by atoms with E-state index >= 15 is 4.57 Å². The van der Waals surface area contributed by atoms with E-state index in [-0.39, 0.29) is 19.4 Å². The molecule has 2 aromatic carbocycles. The fourth-order valence-electron chi connectivity index (χ4n) is 7.47. The van der Waals surface area contributed by atoms with Crippen molar-refractivity contribution >= 4 is 19.4 Å². The predicted molar refractivity (Wildman–Crippen MR) is 154 cm³/mol. The van der Waals surface area contributed by atoms with E-state index in [0.29, 0.717) is 24.2 Å². The molecule has 4 fully saturated rings. The van der Waals surface area contributed by atoms with Crippen molar-refractivity contribution in [2.24, 2.45) is 23.7 Å². The second kappa shape index (κ2) is 12.5. The van der Waals surface area contributed by atoms with Crippen molar-refractivity contribution in [2.75, 3.05) is 12.8 Å². The van der Waals surface area contributed by atoms with Gasteiger partial charge in [-0.3, -0.25) is 9.36 Å². The summed E-state index contributed by atoms with van der Waals surface area (Å²) in [6.07, 6.45) is 6.03. The highest BCUT2D eigenvalue weighted by Crippen LogP contribution is 2.65. The van der Waals surface area contributed by atoms with Gasteiger partial charge in [-0.05, 0) is 74.3 Å². The molecular formula is C32H42NO6P. The Hall–Kier alpha value is -2.63. The number of carbonyl (C=O) groups excluding carboxylic acids is 2. The van der Waals surface area contributed by atoms with Gasteiger partial charge in [0, 0.05) is 12.6 Å². The normalized spacial score (nSPS) is 27.8. The van der Waals surface area contributed by atoms with Crippen molar-refractivity contribution in [3.05, 3.63) is 71.8 Å². The van der Waals surface area contributed by atoms with Crippen molar-refractivity contribution in [2.45, 2.75) is 76.8 Å². The smallest absolute Gasteiger partial charge is 0.408 e. The standard InChI is InChI=1S/C32H42NO6P/c1-3-37-30(34)23(2)22-40(36,39-32-18-26-14-27(19-32)16-28(15-26)20-32)29(17-24-10-6-4-7-11-24)33-31(35)38-21-25-12-8-5-9-13-25/h4-13,23,26-29H,3,14-22H2,1-2H3,(H,33,35). The molecule has 1 amide bonds. The Bertz CT molecular complexity index is 1170. The Kier molecular flexibility index (Phi) is 9.01. The number of hydrogen-bond acceptors (Lipinski definition) is 6. The Labute approximate surface area is 237 Å². The Morgan fingerprint density at radius 2 is 1.45 bits per heavy atom. The maximum Gasteiger partial charge on any atom is 0.408 e. The Morgan fingerprint density at radius 1 is 0.900 bits per heavy atom. The monoisotopic (exact) mass is 567 g/mol. The first-order valence-electron chi connectivity index (χ1n) is 14.7. The average Bonchev–Trinajstić information content (AvgIpc) is 2.91. The van der Waals surface area contributed by atoms with Gasteiger partial charge in [-0.1, -0.05) is 67.6 Å². The highest BCUT2D eigenvalue weighted by atomic mass is 31.2. The summed E-state index contributed by atoms with van der Waals surface area (Å²) < 4.78 is 33.0. The first-order chi connectivity index (χ1) is 19.3. The largest absolute Gasteiger partial charge is 0.466 e. The van der Waals surface area contributed by atoms with Gasteiger partial charge in [0.1, 0.15) is 12.4 Å². The van der Waals surface area contributed by atoms with Crippen LogP contribution >= 0.6 is 7.37 Å². The number of rotatable bonds is 12. The quantitative estimate of drug-likeness (QED) is 0.221. The first kappa shape index (κ1) is 28.9. The lowest BCUT2D eigenvalue weighted by atomic mass is 9.54. The van der Waals surface area contributed by atoms with Crippen LogP contribution in [0.25, 0.3) is 0 Å². The van der Waals surface area contributed by atoms with E-state index < -0.39 is 36.7 Å². The number of esters is 1. The molecule has 6 rings (SSSR count). The lowest BCUT2D eigenvalue weighted by Gasteiger charge is -2.57. The summed E-state index contributed by atoms with van der Waals surface area (Å²) in [6.45, 7) is 3.85. The molecule has 2 aromatic rings. The van der Waals surface area contributed by atoms with Crippen molar-refractivity contribution < 1.29 is 28.2 Å². The third kappa shape index (κ3) is 6.98. The first-order valence-corrected chi connectivity index (χ1v) is 16.6. The van der Waals surface area contributed by atoms with Crippen LogP contribution in [0.2, 0.25) is 0 Å². The minimum absolute atomic E-state index is 0.00402. The van der Waals surface area contributed by atoms with Gasteiger partial charge in [0.05, 0.1) is 18.1 Å². The third-order valence-electron chi connectivity index (χ3n) is 8.79. The molecule has 40 heavy (non-hydrogen) atoms. The molecule has 216 valence electrons. The summed E-state index contributed by atoms with van der Waals surface area (Å²) in [4.78, 5) is 25.9. The number of alkyl carbamates (subject to hydrolysis) is 1. The number of carbonyl (C=O) groups is 2. The van der Waals surface area contributed by atoms with Gasteiger partial charge in [0.15, 0.2) is 0 Å². The van der Waals surface area contributed by atoms with Crippen LogP contribution in [0.5, 0.6) is 0 Å². The molecule has 4 bridgehead atoms. The molecule has 4 saturated carbocycles. The molecule has 3 unspecified atom stereocenters. The van der Waals surface area contributed by atoms with E-state index in [4.69, 9.17) is 14.0 Å². The molecule has 7 nitrogen and oxygen atoms in total. The molecule has 1 N–H and O–H groups in total. The molecule has 0 heterocycles. The number of amides is 1. The summed E-state index contributed by atoms with van der Waals surface area (Å²) in [5.41, 5.74) is 1.32. The van der Waals surface area contributed by atoms with E-state index in [1.165, 1.54) is 19.3 Å². The zero-order chi connectivity index (χ0) is 28.2. The lowest BCUT2D eigenvalue weighted by molar-refractivity contribution is -0.146. The van der Waals surface area contributed by atoms with E-state index in [0.717, 1.165) is 30.4 Å². The maximum absolute atomic E-state index is 15.2. The molecule has 0 radical (unpaired) electrons. The summed E-state index contributed by atoms with van der Waals surface area (Å²) in [5, 5.41) is 2.93. The van der Waals surface area contributed by atoms with Gasteiger partial charge < -0.3 is 19.3 Å².